The van der Waals surface area contributed by atoms with Crippen molar-refractivity contribution in [2.45, 2.75) is 43.9 Å². The minimum absolute atomic E-state index is 0.379. The molecule has 4 fully saturated rings. The molecule has 52 heavy (non-hydrogen) atoms. The van der Waals surface area contributed by atoms with E-state index in [0.29, 0.717) is 5.41 Å². The number of benzene rings is 7. The van der Waals surface area contributed by atoms with Crippen LogP contribution in [-0.4, -0.2) is 0 Å². The molecule has 0 radical (unpaired) electrons. The lowest BCUT2D eigenvalue weighted by molar-refractivity contribution is -0.00518. The van der Waals surface area contributed by atoms with Crippen molar-refractivity contribution in [2.75, 3.05) is 4.90 Å². The van der Waals surface area contributed by atoms with Gasteiger partial charge in [-0.2, -0.15) is 0 Å². The van der Waals surface area contributed by atoms with Crippen LogP contribution in [0.25, 0.3) is 55.0 Å². The van der Waals surface area contributed by atoms with Gasteiger partial charge >= 0.3 is 0 Å². The normalized spacial score (nSPS) is 22.0. The van der Waals surface area contributed by atoms with Gasteiger partial charge in [0.15, 0.2) is 0 Å². The molecule has 252 valence electrons. The summed E-state index contributed by atoms with van der Waals surface area (Å²) in [4.78, 5) is 2.40. The summed E-state index contributed by atoms with van der Waals surface area (Å²) in [6.45, 7) is 0. The van der Waals surface area contributed by atoms with Gasteiger partial charge in [-0.05, 0) is 143 Å². The molecule has 4 bridgehead atoms. The van der Waals surface area contributed by atoms with Crippen LogP contribution in [0.1, 0.15) is 44.1 Å². The number of fused-ring (bicyclic) bond motifs is 4. The predicted octanol–water partition coefficient (Wildman–Crippen LogP) is 14.0. The molecule has 0 unspecified atom stereocenters. The molecular formula is C50H41NO. The molecule has 0 aliphatic heterocycles. The van der Waals surface area contributed by atoms with Crippen LogP contribution in [0.3, 0.4) is 0 Å². The fourth-order valence-electron chi connectivity index (χ4n) is 11.0. The van der Waals surface area contributed by atoms with E-state index < -0.39 is 0 Å². The molecule has 1 heterocycles. The maximum Gasteiger partial charge on any atom is 0.137 e. The summed E-state index contributed by atoms with van der Waals surface area (Å²) in [6, 6.07) is 57.9. The second kappa shape index (κ2) is 11.7. The SMILES string of the molecule is c1ccc(-c2cccc3cccc(-c4ccc(N(c5ccc(C67CC8CC(CC(C8)C6)C7)cc5)c5ccc6c(c5)oc5ccccc56)cc4)c23)cc1. The number of hydrogen-bond acceptors (Lipinski definition) is 2. The minimum Gasteiger partial charge on any atom is -0.456 e. The summed E-state index contributed by atoms with van der Waals surface area (Å²) in [5, 5.41) is 4.85. The highest BCUT2D eigenvalue weighted by Gasteiger charge is 2.51. The Kier molecular flexibility index (Phi) is 6.77. The van der Waals surface area contributed by atoms with Crippen molar-refractivity contribution in [1.29, 1.82) is 0 Å². The minimum atomic E-state index is 0.379. The Morgan fingerprint density at radius 2 is 1.02 bits per heavy atom. The van der Waals surface area contributed by atoms with Crippen LogP contribution in [0.2, 0.25) is 0 Å². The average Bonchev–Trinajstić information content (AvgIpc) is 3.56. The first-order valence-electron chi connectivity index (χ1n) is 19.2. The molecule has 2 nitrogen and oxygen atoms in total. The lowest BCUT2D eigenvalue weighted by Gasteiger charge is -2.57. The zero-order valence-corrected chi connectivity index (χ0v) is 29.3. The van der Waals surface area contributed by atoms with E-state index >= 15 is 0 Å². The van der Waals surface area contributed by atoms with Crippen molar-refractivity contribution < 1.29 is 4.42 Å². The molecule has 0 atom stereocenters. The molecule has 12 rings (SSSR count). The van der Waals surface area contributed by atoms with E-state index in [1.807, 2.05) is 6.07 Å². The van der Waals surface area contributed by atoms with Gasteiger partial charge in [-0.15, -0.1) is 0 Å². The number of nitrogens with zero attached hydrogens (tertiary/aromatic N) is 1. The Hall–Kier alpha value is -5.60. The molecule has 0 spiro atoms. The quantitative estimate of drug-likeness (QED) is 0.175. The van der Waals surface area contributed by atoms with E-state index in [4.69, 9.17) is 4.42 Å². The van der Waals surface area contributed by atoms with Crippen molar-refractivity contribution in [3.63, 3.8) is 0 Å². The third kappa shape index (κ3) is 4.84. The second-order valence-corrected chi connectivity index (χ2v) is 16.0. The second-order valence-electron chi connectivity index (χ2n) is 16.0. The van der Waals surface area contributed by atoms with Crippen LogP contribution >= 0.6 is 0 Å². The number of anilines is 3. The van der Waals surface area contributed by atoms with Crippen LogP contribution in [0.4, 0.5) is 17.1 Å². The first-order chi connectivity index (χ1) is 25.7. The topological polar surface area (TPSA) is 16.4 Å². The molecule has 4 aliphatic carbocycles. The Bertz CT molecular complexity index is 2550. The summed E-state index contributed by atoms with van der Waals surface area (Å²) >= 11 is 0. The smallest absolute Gasteiger partial charge is 0.137 e. The Balaban J connectivity index is 1.02. The third-order valence-corrected chi connectivity index (χ3v) is 12.8. The van der Waals surface area contributed by atoms with Crippen molar-refractivity contribution in [1.82, 2.24) is 0 Å². The summed E-state index contributed by atoms with van der Waals surface area (Å²) in [5.74, 6) is 2.80. The van der Waals surface area contributed by atoms with Crippen molar-refractivity contribution in [3.05, 3.63) is 163 Å². The van der Waals surface area contributed by atoms with Crippen molar-refractivity contribution >= 4 is 49.8 Å². The van der Waals surface area contributed by atoms with Crippen LogP contribution in [0.5, 0.6) is 0 Å². The molecule has 4 aliphatic rings. The molecule has 0 amide bonds. The number of para-hydroxylation sites is 1. The number of hydrogen-bond donors (Lipinski definition) is 0. The molecular weight excluding hydrogens is 631 g/mol. The van der Waals surface area contributed by atoms with Gasteiger partial charge in [-0.1, -0.05) is 109 Å². The first kappa shape index (κ1) is 30.1. The van der Waals surface area contributed by atoms with Crippen molar-refractivity contribution in [3.8, 4) is 22.3 Å². The Labute approximate surface area is 305 Å². The molecule has 1 aromatic heterocycles. The summed E-state index contributed by atoms with van der Waals surface area (Å²) in [7, 11) is 0. The predicted molar refractivity (Wildman–Crippen MR) is 217 cm³/mol. The van der Waals surface area contributed by atoms with Crippen LogP contribution in [0.15, 0.2) is 162 Å². The van der Waals surface area contributed by atoms with Gasteiger partial charge in [-0.25, -0.2) is 0 Å². The molecule has 7 aromatic carbocycles. The standard InChI is InChI=1S/C50H41NO/c1-2-8-36(9-3-1)43-13-6-10-38-11-7-14-44(49(38)43)37-16-20-40(21-17-37)51(42-24-25-46-45-12-4-5-15-47(45)52-48(46)29-42)41-22-18-39(19-23-41)50-30-33-26-34(31-50)28-35(27-33)32-50/h1-25,29,33-35H,26-28,30-32H2. The molecule has 0 N–H and O–H groups in total. The molecule has 8 aromatic rings. The van der Waals surface area contributed by atoms with Crippen LogP contribution < -0.4 is 4.90 Å². The lowest BCUT2D eigenvalue weighted by atomic mass is 9.48. The summed E-state index contributed by atoms with van der Waals surface area (Å²) in [6.07, 6.45) is 8.55. The van der Waals surface area contributed by atoms with Gasteiger partial charge in [0.1, 0.15) is 11.2 Å². The monoisotopic (exact) mass is 671 g/mol. The number of furan rings is 1. The molecule has 2 heteroatoms. The highest BCUT2D eigenvalue weighted by Crippen LogP contribution is 2.61. The van der Waals surface area contributed by atoms with E-state index in [0.717, 1.165) is 51.1 Å². The zero-order chi connectivity index (χ0) is 34.2. The Morgan fingerprint density at radius 1 is 0.462 bits per heavy atom. The van der Waals surface area contributed by atoms with Crippen LogP contribution in [-0.2, 0) is 5.41 Å². The van der Waals surface area contributed by atoms with Gasteiger partial charge in [0, 0.05) is 33.9 Å². The lowest BCUT2D eigenvalue weighted by Crippen LogP contribution is -2.48. The van der Waals surface area contributed by atoms with Crippen molar-refractivity contribution in [2.24, 2.45) is 17.8 Å². The van der Waals surface area contributed by atoms with E-state index in [9.17, 15) is 0 Å². The number of rotatable bonds is 6. The zero-order valence-electron chi connectivity index (χ0n) is 29.3. The Morgan fingerprint density at radius 3 is 1.69 bits per heavy atom. The van der Waals surface area contributed by atoms with E-state index in [1.54, 1.807) is 5.56 Å². The largest absolute Gasteiger partial charge is 0.456 e. The summed E-state index contributed by atoms with van der Waals surface area (Å²) in [5.41, 5.74) is 12.1. The maximum atomic E-state index is 6.41. The fraction of sp³-hybridized carbons (Fsp3) is 0.200. The van der Waals surface area contributed by atoms with Gasteiger partial charge in [0.25, 0.3) is 0 Å². The van der Waals surface area contributed by atoms with Crippen LogP contribution in [0, 0.1) is 17.8 Å². The highest BCUT2D eigenvalue weighted by atomic mass is 16.3. The van der Waals surface area contributed by atoms with E-state index in [1.165, 1.54) is 77.2 Å². The highest BCUT2D eigenvalue weighted by molar-refractivity contribution is 6.07. The van der Waals surface area contributed by atoms with E-state index in [2.05, 4.69) is 157 Å². The molecule has 4 saturated carbocycles. The van der Waals surface area contributed by atoms with Gasteiger partial charge in [0.05, 0.1) is 0 Å². The fourth-order valence-corrected chi connectivity index (χ4v) is 11.0. The van der Waals surface area contributed by atoms with Gasteiger partial charge < -0.3 is 9.32 Å². The first-order valence-corrected chi connectivity index (χ1v) is 19.2. The summed E-state index contributed by atoms with van der Waals surface area (Å²) < 4.78 is 6.41. The van der Waals surface area contributed by atoms with Gasteiger partial charge in [-0.3, -0.25) is 0 Å². The molecule has 0 saturated heterocycles. The third-order valence-electron chi connectivity index (χ3n) is 12.8. The van der Waals surface area contributed by atoms with E-state index in [-0.39, 0.29) is 0 Å². The van der Waals surface area contributed by atoms with Gasteiger partial charge in [0.2, 0.25) is 0 Å². The maximum absolute atomic E-state index is 6.41. The average molecular weight is 672 g/mol.